The number of carbonyl (C=O) groups excluding carboxylic acids is 1. The Morgan fingerprint density at radius 1 is 1.29 bits per heavy atom. The van der Waals surface area contributed by atoms with E-state index in [0.717, 1.165) is 0 Å². The first-order valence-electron chi connectivity index (χ1n) is 6.87. The van der Waals surface area contributed by atoms with Crippen LogP contribution in [0.25, 0.3) is 0 Å². The van der Waals surface area contributed by atoms with Crippen LogP contribution < -0.4 is 5.32 Å². The van der Waals surface area contributed by atoms with Crippen molar-refractivity contribution in [3.05, 3.63) is 30.1 Å². The zero-order valence-corrected chi connectivity index (χ0v) is 13.0. The quantitative estimate of drug-likeness (QED) is 0.724. The maximum absolute atomic E-state index is 13.4. The molecule has 21 heavy (non-hydrogen) atoms. The smallest absolute Gasteiger partial charge is 0.329 e. The van der Waals surface area contributed by atoms with E-state index >= 15 is 0 Å². The van der Waals surface area contributed by atoms with Crippen LogP contribution in [0, 0.1) is 5.82 Å². The molecule has 0 atom stereocenters. The molecule has 1 aromatic rings. The highest BCUT2D eigenvalue weighted by molar-refractivity contribution is 7.99. The molecule has 1 aromatic carbocycles. The highest BCUT2D eigenvalue weighted by atomic mass is 32.2. The van der Waals surface area contributed by atoms with Crippen LogP contribution in [0.5, 0.6) is 0 Å². The summed E-state index contributed by atoms with van der Waals surface area (Å²) in [5.74, 6) is -1.27. The summed E-state index contributed by atoms with van der Waals surface area (Å²) < 4.78 is 13.4. The zero-order chi connectivity index (χ0) is 15.9. The zero-order valence-electron chi connectivity index (χ0n) is 12.2. The fourth-order valence-corrected chi connectivity index (χ4v) is 2.82. The molecule has 116 valence electrons. The van der Waals surface area contributed by atoms with Crippen molar-refractivity contribution in [3.63, 3.8) is 0 Å². The highest BCUT2D eigenvalue weighted by Gasteiger charge is 2.36. The minimum atomic E-state index is -1.21. The van der Waals surface area contributed by atoms with Crippen molar-refractivity contribution in [1.82, 2.24) is 5.32 Å². The number of halogens is 1. The van der Waals surface area contributed by atoms with Gasteiger partial charge >= 0.3 is 5.97 Å². The monoisotopic (exact) mass is 313 g/mol. The van der Waals surface area contributed by atoms with E-state index in [0.29, 0.717) is 23.5 Å². The fraction of sp³-hybridized carbons (Fsp3) is 0.467. The second-order valence-corrected chi connectivity index (χ2v) is 5.81. The normalized spacial score (nSPS) is 11.2. The average molecular weight is 313 g/mol. The van der Waals surface area contributed by atoms with Gasteiger partial charge in [0.15, 0.2) is 0 Å². The molecule has 6 heteroatoms. The van der Waals surface area contributed by atoms with Gasteiger partial charge in [0, 0.05) is 17.1 Å². The Labute approximate surface area is 128 Å². The first kappa shape index (κ1) is 17.5. The number of amides is 1. The lowest BCUT2D eigenvalue weighted by atomic mass is 9.93. The molecule has 1 rings (SSSR count). The molecule has 0 aliphatic heterocycles. The Morgan fingerprint density at radius 2 is 1.90 bits per heavy atom. The lowest BCUT2D eigenvalue weighted by Crippen LogP contribution is -2.53. The summed E-state index contributed by atoms with van der Waals surface area (Å²) in [5, 5.41) is 11.8. The molecular weight excluding hydrogens is 293 g/mol. The third-order valence-electron chi connectivity index (χ3n) is 3.42. The molecule has 0 aliphatic rings. The van der Waals surface area contributed by atoms with Crippen LogP contribution in [0.4, 0.5) is 4.39 Å². The van der Waals surface area contributed by atoms with E-state index in [-0.39, 0.29) is 18.1 Å². The van der Waals surface area contributed by atoms with Gasteiger partial charge in [0.25, 0.3) is 0 Å². The summed E-state index contributed by atoms with van der Waals surface area (Å²) in [6.45, 7) is 3.46. The SMILES string of the molecule is CCC(CC)(NC(=O)CCSc1ccccc1F)C(=O)O. The molecule has 0 aromatic heterocycles. The molecule has 0 spiro atoms. The molecule has 0 fully saturated rings. The van der Waals surface area contributed by atoms with E-state index in [1.165, 1.54) is 17.8 Å². The number of thioether (sulfide) groups is 1. The summed E-state index contributed by atoms with van der Waals surface area (Å²) in [6.07, 6.45) is 0.796. The van der Waals surface area contributed by atoms with Crippen molar-refractivity contribution in [3.8, 4) is 0 Å². The number of aliphatic carboxylic acids is 1. The van der Waals surface area contributed by atoms with E-state index in [2.05, 4.69) is 5.32 Å². The Balaban J connectivity index is 2.51. The van der Waals surface area contributed by atoms with Crippen LogP contribution in [0.1, 0.15) is 33.1 Å². The molecule has 0 saturated carbocycles. The van der Waals surface area contributed by atoms with Crippen LogP contribution in [0.15, 0.2) is 29.2 Å². The lowest BCUT2D eigenvalue weighted by Gasteiger charge is -2.28. The number of rotatable bonds is 8. The standard InChI is InChI=1S/C15H20FNO3S/c1-3-15(4-2,14(19)20)17-13(18)9-10-21-12-8-6-5-7-11(12)16/h5-8H,3-4,9-10H2,1-2H3,(H,17,18)(H,19,20). The van der Waals surface area contributed by atoms with Gasteiger partial charge in [-0.05, 0) is 25.0 Å². The first-order valence-corrected chi connectivity index (χ1v) is 7.85. The third kappa shape index (κ3) is 4.74. The fourth-order valence-electron chi connectivity index (χ4n) is 1.93. The van der Waals surface area contributed by atoms with Crippen LogP contribution in [-0.2, 0) is 9.59 Å². The number of carboxylic acid groups (broad SMARTS) is 1. The molecule has 1 amide bonds. The molecule has 0 saturated heterocycles. The molecule has 0 aliphatic carbocycles. The number of carbonyl (C=O) groups is 2. The molecule has 2 N–H and O–H groups in total. The summed E-state index contributed by atoms with van der Waals surface area (Å²) >= 11 is 1.24. The maximum Gasteiger partial charge on any atom is 0.329 e. The summed E-state index contributed by atoms with van der Waals surface area (Å²) in [4.78, 5) is 23.7. The van der Waals surface area contributed by atoms with Crippen LogP contribution >= 0.6 is 11.8 Å². The third-order valence-corrected chi connectivity index (χ3v) is 4.47. The van der Waals surface area contributed by atoms with E-state index in [1.54, 1.807) is 32.0 Å². The Hall–Kier alpha value is -1.56. The van der Waals surface area contributed by atoms with Gasteiger partial charge < -0.3 is 10.4 Å². The molecule has 0 bridgehead atoms. The van der Waals surface area contributed by atoms with Crippen molar-refractivity contribution >= 4 is 23.6 Å². The van der Waals surface area contributed by atoms with Gasteiger partial charge in [0.1, 0.15) is 11.4 Å². The van der Waals surface area contributed by atoms with Crippen molar-refractivity contribution in [2.45, 2.75) is 43.5 Å². The lowest BCUT2D eigenvalue weighted by molar-refractivity contribution is -0.148. The van der Waals surface area contributed by atoms with Gasteiger partial charge in [-0.1, -0.05) is 26.0 Å². The van der Waals surface area contributed by atoms with Gasteiger partial charge in [0.05, 0.1) is 0 Å². The Morgan fingerprint density at radius 3 is 2.43 bits per heavy atom. The predicted octanol–water partition coefficient (Wildman–Crippen LogP) is 3.07. The minimum absolute atomic E-state index is 0.147. The summed E-state index contributed by atoms with van der Waals surface area (Å²) in [7, 11) is 0. The largest absolute Gasteiger partial charge is 0.480 e. The van der Waals surface area contributed by atoms with E-state index < -0.39 is 11.5 Å². The molecule has 4 nitrogen and oxygen atoms in total. The van der Waals surface area contributed by atoms with E-state index in [1.807, 2.05) is 0 Å². The second kappa shape index (κ2) is 8.02. The number of hydrogen-bond acceptors (Lipinski definition) is 3. The van der Waals surface area contributed by atoms with Gasteiger partial charge in [-0.2, -0.15) is 0 Å². The van der Waals surface area contributed by atoms with Crippen LogP contribution in [-0.4, -0.2) is 28.3 Å². The van der Waals surface area contributed by atoms with Crippen molar-refractivity contribution < 1.29 is 19.1 Å². The number of carboxylic acids is 1. The van der Waals surface area contributed by atoms with Gasteiger partial charge in [-0.3, -0.25) is 4.79 Å². The molecule has 0 heterocycles. The number of hydrogen-bond donors (Lipinski definition) is 2. The second-order valence-electron chi connectivity index (χ2n) is 4.67. The van der Waals surface area contributed by atoms with Crippen molar-refractivity contribution in [2.24, 2.45) is 0 Å². The number of benzene rings is 1. The summed E-state index contributed by atoms with van der Waals surface area (Å²) in [5.41, 5.74) is -1.21. The van der Waals surface area contributed by atoms with Crippen LogP contribution in [0.3, 0.4) is 0 Å². The average Bonchev–Trinajstić information content (AvgIpc) is 2.46. The topological polar surface area (TPSA) is 66.4 Å². The first-order chi connectivity index (χ1) is 9.95. The van der Waals surface area contributed by atoms with Gasteiger partial charge in [-0.15, -0.1) is 11.8 Å². The van der Waals surface area contributed by atoms with E-state index in [4.69, 9.17) is 0 Å². The Kier molecular flexibility index (Phi) is 6.68. The van der Waals surface area contributed by atoms with Crippen LogP contribution in [0.2, 0.25) is 0 Å². The molecular formula is C15H20FNO3S. The van der Waals surface area contributed by atoms with Gasteiger partial charge in [-0.25, -0.2) is 9.18 Å². The van der Waals surface area contributed by atoms with Gasteiger partial charge in [0.2, 0.25) is 5.91 Å². The van der Waals surface area contributed by atoms with Crippen molar-refractivity contribution in [1.29, 1.82) is 0 Å². The van der Waals surface area contributed by atoms with Crippen molar-refractivity contribution in [2.75, 3.05) is 5.75 Å². The van der Waals surface area contributed by atoms with E-state index in [9.17, 15) is 19.1 Å². The Bertz CT molecular complexity index is 503. The maximum atomic E-state index is 13.4. The highest BCUT2D eigenvalue weighted by Crippen LogP contribution is 2.22. The predicted molar refractivity (Wildman–Crippen MR) is 80.8 cm³/mol. The molecule has 0 unspecified atom stereocenters. The molecule has 0 radical (unpaired) electrons. The summed E-state index contributed by atoms with van der Waals surface area (Å²) in [6, 6.07) is 6.36. The minimum Gasteiger partial charge on any atom is -0.480 e. The number of nitrogens with one attached hydrogen (secondary N) is 1.